The molecule has 0 aliphatic heterocycles. The molecule has 2 nitrogen and oxygen atoms in total. The molecule has 0 aliphatic carbocycles. The molecule has 2 N–H and O–H groups in total. The van der Waals surface area contributed by atoms with Crippen LogP contribution in [0, 0.1) is 0 Å². The van der Waals surface area contributed by atoms with Gasteiger partial charge in [-0.25, -0.2) is 0 Å². The van der Waals surface area contributed by atoms with Crippen LogP contribution in [0.15, 0.2) is 12.1 Å². The normalized spacial score (nSPS) is 13.2. The molecule has 1 aromatic heterocycles. The Morgan fingerprint density at radius 3 is 2.92 bits per heavy atom. The molecule has 0 amide bonds. The summed E-state index contributed by atoms with van der Waals surface area (Å²) in [4.78, 5) is 2.44. The topological polar surface area (TPSA) is 32.3 Å². The third-order valence-electron chi connectivity index (χ3n) is 1.90. The Morgan fingerprint density at radius 2 is 2.31 bits per heavy atom. The van der Waals surface area contributed by atoms with E-state index in [0.717, 1.165) is 11.3 Å². The van der Waals surface area contributed by atoms with Gasteiger partial charge >= 0.3 is 0 Å². The first-order valence-corrected chi connectivity index (χ1v) is 5.50. The molecule has 0 radical (unpaired) electrons. The molecule has 1 aromatic rings. The van der Waals surface area contributed by atoms with Gasteiger partial charge in [-0.2, -0.15) is 0 Å². The summed E-state index contributed by atoms with van der Waals surface area (Å²) in [5.74, 6) is 0. The maximum atomic E-state index is 9.65. The van der Waals surface area contributed by atoms with Crippen LogP contribution in [0.2, 0.25) is 0 Å². The van der Waals surface area contributed by atoms with E-state index in [-0.39, 0.29) is 6.10 Å². The standard InChI is InChI=1S/C10H17NOS/c1-3-4-8-5-6-10(13-8)9(12)7-11-2/h5-6,9,11-12H,3-4,7H2,1-2H3. The second-order valence-electron chi connectivity index (χ2n) is 3.13. The number of hydrogen-bond acceptors (Lipinski definition) is 3. The largest absolute Gasteiger partial charge is 0.386 e. The fraction of sp³-hybridized carbons (Fsp3) is 0.600. The molecule has 74 valence electrons. The Hall–Kier alpha value is -0.380. The van der Waals surface area contributed by atoms with Gasteiger partial charge in [0.2, 0.25) is 0 Å². The zero-order valence-corrected chi connectivity index (χ0v) is 9.03. The van der Waals surface area contributed by atoms with Gasteiger partial charge in [0, 0.05) is 16.3 Å². The van der Waals surface area contributed by atoms with Crippen molar-refractivity contribution in [3.8, 4) is 0 Å². The third kappa shape index (κ3) is 3.10. The monoisotopic (exact) mass is 199 g/mol. The highest BCUT2D eigenvalue weighted by molar-refractivity contribution is 7.12. The molecular formula is C10H17NOS. The Bertz CT molecular complexity index is 247. The Labute approximate surface area is 83.6 Å². The molecule has 0 aromatic carbocycles. The van der Waals surface area contributed by atoms with Crippen LogP contribution in [0.5, 0.6) is 0 Å². The number of aliphatic hydroxyl groups excluding tert-OH is 1. The molecule has 1 unspecified atom stereocenters. The van der Waals surface area contributed by atoms with E-state index in [9.17, 15) is 5.11 Å². The van der Waals surface area contributed by atoms with E-state index in [0.29, 0.717) is 6.54 Å². The third-order valence-corrected chi connectivity index (χ3v) is 3.15. The average molecular weight is 199 g/mol. The molecule has 1 heterocycles. The minimum Gasteiger partial charge on any atom is -0.386 e. The van der Waals surface area contributed by atoms with Crippen LogP contribution >= 0.6 is 11.3 Å². The van der Waals surface area contributed by atoms with Crippen LogP contribution in [0.3, 0.4) is 0 Å². The van der Waals surface area contributed by atoms with E-state index < -0.39 is 0 Å². The van der Waals surface area contributed by atoms with Gasteiger partial charge in [-0.05, 0) is 25.6 Å². The predicted octanol–water partition coefficient (Wildman–Crippen LogP) is 1.95. The van der Waals surface area contributed by atoms with E-state index in [4.69, 9.17) is 0 Å². The summed E-state index contributed by atoms with van der Waals surface area (Å²) in [6, 6.07) is 4.14. The lowest BCUT2D eigenvalue weighted by Crippen LogP contribution is -2.15. The molecule has 0 spiro atoms. The Morgan fingerprint density at radius 1 is 1.54 bits per heavy atom. The molecule has 0 fully saturated rings. The minimum absolute atomic E-state index is 0.347. The highest BCUT2D eigenvalue weighted by atomic mass is 32.1. The van der Waals surface area contributed by atoms with E-state index in [2.05, 4.69) is 18.3 Å². The lowest BCUT2D eigenvalue weighted by molar-refractivity contribution is 0.181. The number of aliphatic hydroxyl groups is 1. The molecule has 0 saturated heterocycles. The van der Waals surface area contributed by atoms with Crippen molar-refractivity contribution in [1.82, 2.24) is 5.32 Å². The summed E-state index contributed by atoms with van der Waals surface area (Å²) in [5.41, 5.74) is 0. The van der Waals surface area contributed by atoms with Crippen LogP contribution in [-0.4, -0.2) is 18.7 Å². The van der Waals surface area contributed by atoms with Crippen molar-refractivity contribution < 1.29 is 5.11 Å². The van der Waals surface area contributed by atoms with Gasteiger partial charge in [0.15, 0.2) is 0 Å². The van der Waals surface area contributed by atoms with E-state index in [1.54, 1.807) is 11.3 Å². The van der Waals surface area contributed by atoms with Crippen LogP contribution in [0.1, 0.15) is 29.2 Å². The summed E-state index contributed by atoms with van der Waals surface area (Å²) in [7, 11) is 1.85. The first kappa shape index (κ1) is 10.7. The van der Waals surface area contributed by atoms with Gasteiger partial charge in [-0.1, -0.05) is 13.3 Å². The van der Waals surface area contributed by atoms with Crippen LogP contribution in [0.25, 0.3) is 0 Å². The van der Waals surface area contributed by atoms with E-state index >= 15 is 0 Å². The fourth-order valence-electron chi connectivity index (χ4n) is 1.25. The molecule has 13 heavy (non-hydrogen) atoms. The second kappa shape index (κ2) is 5.37. The average Bonchev–Trinajstić information content (AvgIpc) is 2.54. The number of hydrogen-bond donors (Lipinski definition) is 2. The van der Waals surface area contributed by atoms with Crippen molar-refractivity contribution in [1.29, 1.82) is 0 Å². The molecule has 3 heteroatoms. The Kier molecular flexibility index (Phi) is 4.42. The number of rotatable bonds is 5. The molecular weight excluding hydrogens is 182 g/mol. The van der Waals surface area contributed by atoms with Crippen molar-refractivity contribution in [3.63, 3.8) is 0 Å². The van der Waals surface area contributed by atoms with Crippen LogP contribution < -0.4 is 5.32 Å². The molecule has 1 rings (SSSR count). The molecule has 0 saturated carbocycles. The Balaban J connectivity index is 2.56. The summed E-state index contributed by atoms with van der Waals surface area (Å²) >= 11 is 1.72. The van der Waals surface area contributed by atoms with Gasteiger partial charge < -0.3 is 10.4 Å². The van der Waals surface area contributed by atoms with Crippen molar-refractivity contribution in [2.45, 2.75) is 25.9 Å². The van der Waals surface area contributed by atoms with Gasteiger partial charge in [0.1, 0.15) is 6.10 Å². The van der Waals surface area contributed by atoms with Crippen molar-refractivity contribution in [2.75, 3.05) is 13.6 Å². The van der Waals surface area contributed by atoms with Crippen molar-refractivity contribution in [3.05, 3.63) is 21.9 Å². The van der Waals surface area contributed by atoms with E-state index in [1.165, 1.54) is 11.3 Å². The van der Waals surface area contributed by atoms with E-state index in [1.807, 2.05) is 13.1 Å². The van der Waals surface area contributed by atoms with Crippen molar-refractivity contribution >= 4 is 11.3 Å². The van der Waals surface area contributed by atoms with Gasteiger partial charge in [0.25, 0.3) is 0 Å². The molecule has 1 atom stereocenters. The molecule has 0 bridgehead atoms. The van der Waals surface area contributed by atoms with Gasteiger partial charge in [-0.15, -0.1) is 11.3 Å². The second-order valence-corrected chi connectivity index (χ2v) is 4.33. The maximum absolute atomic E-state index is 9.65. The smallest absolute Gasteiger partial charge is 0.101 e. The fourth-order valence-corrected chi connectivity index (χ4v) is 2.35. The zero-order valence-electron chi connectivity index (χ0n) is 8.21. The summed E-state index contributed by atoms with van der Waals surface area (Å²) in [5, 5.41) is 12.6. The van der Waals surface area contributed by atoms with Gasteiger partial charge in [0.05, 0.1) is 0 Å². The lowest BCUT2D eigenvalue weighted by atomic mass is 10.2. The number of thiophene rings is 1. The zero-order chi connectivity index (χ0) is 9.68. The number of nitrogens with one attached hydrogen (secondary N) is 1. The summed E-state index contributed by atoms with van der Waals surface area (Å²) in [6.45, 7) is 2.80. The highest BCUT2D eigenvalue weighted by Crippen LogP contribution is 2.23. The first-order valence-electron chi connectivity index (χ1n) is 4.69. The molecule has 0 aliphatic rings. The van der Waals surface area contributed by atoms with Crippen LogP contribution in [-0.2, 0) is 6.42 Å². The maximum Gasteiger partial charge on any atom is 0.101 e. The summed E-state index contributed by atoms with van der Waals surface area (Å²) in [6.07, 6.45) is 1.94. The number of aryl methyl sites for hydroxylation is 1. The van der Waals surface area contributed by atoms with Gasteiger partial charge in [-0.3, -0.25) is 0 Å². The lowest BCUT2D eigenvalue weighted by Gasteiger charge is -2.06. The van der Waals surface area contributed by atoms with Crippen LogP contribution in [0.4, 0.5) is 0 Å². The first-order chi connectivity index (χ1) is 6.27. The SMILES string of the molecule is CCCc1ccc(C(O)CNC)s1. The predicted molar refractivity (Wildman–Crippen MR) is 57.2 cm³/mol. The quantitative estimate of drug-likeness (QED) is 0.759. The highest BCUT2D eigenvalue weighted by Gasteiger charge is 2.08. The summed E-state index contributed by atoms with van der Waals surface area (Å²) < 4.78 is 0. The van der Waals surface area contributed by atoms with Crippen molar-refractivity contribution in [2.24, 2.45) is 0 Å². The minimum atomic E-state index is -0.347. The number of likely N-dealkylation sites (N-methyl/N-ethyl adjacent to an activating group) is 1.